The molecule has 4 aliphatic carbocycles. The highest BCUT2D eigenvalue weighted by Gasteiger charge is 2.61. The van der Waals surface area contributed by atoms with Crippen molar-refractivity contribution >= 4 is 0 Å². The molecule has 0 spiro atoms. The van der Waals surface area contributed by atoms with Gasteiger partial charge in [-0.05, 0) is 72.5 Å². The molecule has 0 saturated heterocycles. The summed E-state index contributed by atoms with van der Waals surface area (Å²) in [6, 6.07) is 0. The van der Waals surface area contributed by atoms with Gasteiger partial charge in [-0.25, -0.2) is 4.63 Å². The Morgan fingerprint density at radius 1 is 1.14 bits per heavy atom. The van der Waals surface area contributed by atoms with E-state index in [1.165, 1.54) is 32.1 Å². The predicted octanol–water partition coefficient (Wildman–Crippen LogP) is 4.93. The minimum Gasteiger partial charge on any atom is -0.396 e. The first-order valence-corrected chi connectivity index (χ1v) is 11.4. The molecule has 4 aliphatic rings. The van der Waals surface area contributed by atoms with Gasteiger partial charge in [-0.1, -0.05) is 56.6 Å². The van der Waals surface area contributed by atoms with Gasteiger partial charge in [-0.2, -0.15) is 0 Å². The minimum atomic E-state index is -0.0856. The maximum Gasteiger partial charge on any atom is 0.118 e. The molecule has 4 nitrogen and oxygen atoms in total. The maximum atomic E-state index is 9.83. The Balaban J connectivity index is 1.53. The smallest absolute Gasteiger partial charge is 0.118 e. The van der Waals surface area contributed by atoms with Crippen molar-refractivity contribution in [3.05, 3.63) is 23.0 Å². The quantitative estimate of drug-likeness (QED) is 0.735. The zero-order valence-electron chi connectivity index (χ0n) is 18.2. The number of aliphatic hydroxyl groups is 1. The number of aromatic nitrogens is 2. The minimum absolute atomic E-state index is 0.0856. The third-order valence-corrected chi connectivity index (χ3v) is 9.87. The van der Waals surface area contributed by atoms with E-state index in [-0.39, 0.29) is 10.8 Å². The number of nitrogens with zero attached hydrogens (tertiary/aromatic N) is 2. The number of rotatable bonds is 2. The molecule has 1 aromatic heterocycles. The van der Waals surface area contributed by atoms with E-state index in [4.69, 9.17) is 4.63 Å². The Kier molecular flexibility index (Phi) is 3.99. The van der Waals surface area contributed by atoms with Gasteiger partial charge in [-0.15, -0.1) is 0 Å². The topological polar surface area (TPSA) is 59.2 Å². The molecule has 1 aromatic rings. The molecule has 1 heterocycles. The number of aliphatic hydroxyl groups excluding tert-OH is 1. The lowest BCUT2D eigenvalue weighted by molar-refractivity contribution is -0.0519. The van der Waals surface area contributed by atoms with Crippen LogP contribution in [0.3, 0.4) is 0 Å². The maximum absolute atomic E-state index is 9.83. The van der Waals surface area contributed by atoms with Crippen molar-refractivity contribution in [2.24, 2.45) is 40.4 Å². The van der Waals surface area contributed by atoms with Crippen molar-refractivity contribution in [2.75, 3.05) is 6.61 Å². The van der Waals surface area contributed by atoms with Gasteiger partial charge in [0, 0.05) is 18.4 Å². The van der Waals surface area contributed by atoms with E-state index in [1.807, 2.05) is 0 Å². The summed E-state index contributed by atoms with van der Waals surface area (Å²) in [5.74, 6) is 3.38. The molecule has 1 N–H and O–H groups in total. The van der Waals surface area contributed by atoms with Crippen LogP contribution in [0.4, 0.5) is 0 Å². The fourth-order valence-corrected chi connectivity index (χ4v) is 8.66. The van der Waals surface area contributed by atoms with E-state index in [2.05, 4.69) is 51.0 Å². The van der Waals surface area contributed by atoms with Gasteiger partial charge < -0.3 is 5.11 Å². The van der Waals surface area contributed by atoms with Gasteiger partial charge in [0.1, 0.15) is 11.4 Å². The van der Waals surface area contributed by atoms with E-state index < -0.39 is 0 Å². The second-order valence-electron chi connectivity index (χ2n) is 11.4. The van der Waals surface area contributed by atoms with Crippen LogP contribution < -0.4 is 0 Å². The van der Waals surface area contributed by atoms with Crippen LogP contribution >= 0.6 is 0 Å². The van der Waals surface area contributed by atoms with Crippen LogP contribution in [0.25, 0.3) is 0 Å². The average molecular weight is 385 g/mol. The molecule has 28 heavy (non-hydrogen) atoms. The van der Waals surface area contributed by atoms with Crippen LogP contribution in [-0.4, -0.2) is 22.0 Å². The molecule has 0 aromatic carbocycles. The number of hydrogen-bond donors (Lipinski definition) is 1. The Morgan fingerprint density at radius 2 is 1.93 bits per heavy atom. The van der Waals surface area contributed by atoms with Gasteiger partial charge in [0.15, 0.2) is 0 Å². The lowest BCUT2D eigenvalue weighted by Gasteiger charge is -2.59. The van der Waals surface area contributed by atoms with Crippen LogP contribution in [0.2, 0.25) is 0 Å². The van der Waals surface area contributed by atoms with Crippen molar-refractivity contribution in [1.82, 2.24) is 10.3 Å². The first-order chi connectivity index (χ1) is 13.2. The Hall–Kier alpha value is -1.16. The number of fused-ring (bicyclic) bond motifs is 6. The average Bonchev–Trinajstić information content (AvgIpc) is 3.24. The van der Waals surface area contributed by atoms with E-state index in [1.54, 1.807) is 5.57 Å². The van der Waals surface area contributed by atoms with Gasteiger partial charge in [-0.3, -0.25) is 0 Å². The molecule has 4 heteroatoms. The summed E-state index contributed by atoms with van der Waals surface area (Å²) in [5.41, 5.74) is 4.18. The predicted molar refractivity (Wildman–Crippen MR) is 109 cm³/mol. The van der Waals surface area contributed by atoms with Gasteiger partial charge in [0.2, 0.25) is 0 Å². The summed E-state index contributed by atoms with van der Waals surface area (Å²) in [6.07, 6.45) is 10.0. The van der Waals surface area contributed by atoms with Gasteiger partial charge >= 0.3 is 0 Å². The van der Waals surface area contributed by atoms with E-state index in [0.717, 1.165) is 35.6 Å². The van der Waals surface area contributed by atoms with Crippen LogP contribution in [0, 0.1) is 40.4 Å². The van der Waals surface area contributed by atoms with Crippen LogP contribution in [0.15, 0.2) is 16.3 Å². The Morgan fingerprint density at radius 3 is 2.68 bits per heavy atom. The molecule has 0 radical (unpaired) electrons. The third-order valence-electron chi connectivity index (χ3n) is 9.87. The lowest BCUT2D eigenvalue weighted by Crippen LogP contribution is -2.54. The summed E-state index contributed by atoms with van der Waals surface area (Å²) in [4.78, 5) is 0. The zero-order chi connectivity index (χ0) is 19.9. The van der Waals surface area contributed by atoms with E-state index >= 15 is 0 Å². The molecule has 2 fully saturated rings. The van der Waals surface area contributed by atoms with Gasteiger partial charge in [0.25, 0.3) is 0 Å². The third kappa shape index (κ3) is 2.21. The molecule has 2 saturated carbocycles. The molecule has 0 amide bonds. The monoisotopic (exact) mass is 384 g/mol. The summed E-state index contributed by atoms with van der Waals surface area (Å²) >= 11 is 0. The molecular weight excluding hydrogens is 348 g/mol. The fourth-order valence-electron chi connectivity index (χ4n) is 8.66. The summed E-state index contributed by atoms with van der Waals surface area (Å²) < 4.78 is 5.18. The van der Waals surface area contributed by atoms with Crippen LogP contribution in [0.5, 0.6) is 0 Å². The highest BCUT2D eigenvalue weighted by Crippen LogP contribution is 2.68. The number of hydrogen-bond acceptors (Lipinski definition) is 4. The van der Waals surface area contributed by atoms with Crippen molar-refractivity contribution in [3.8, 4) is 0 Å². The van der Waals surface area contributed by atoms with E-state index in [9.17, 15) is 5.11 Å². The molecule has 0 aliphatic heterocycles. The van der Waals surface area contributed by atoms with Crippen LogP contribution in [-0.2, 0) is 11.8 Å². The second-order valence-corrected chi connectivity index (χ2v) is 11.4. The molecule has 7 atom stereocenters. The standard InChI is InChI=1S/C24H36N2O2/c1-14(13-27)16-7-8-17-15-6-9-20-22(2,3)21-19(25-28-26-21)12-24(20,5)18(15)10-11-23(16,17)4/h9,14-18,27H,6-8,10-13H2,1-5H3/t14-,15+,16-,17+,18+,23-,24-/m1/s1. The Labute approximate surface area is 169 Å². The van der Waals surface area contributed by atoms with Crippen molar-refractivity contribution in [3.63, 3.8) is 0 Å². The Bertz CT molecular complexity index is 811. The second kappa shape index (κ2) is 5.93. The van der Waals surface area contributed by atoms with Crippen molar-refractivity contribution in [1.29, 1.82) is 0 Å². The normalized spacial score (nSPS) is 44.7. The first kappa shape index (κ1) is 18.8. The largest absolute Gasteiger partial charge is 0.396 e. The van der Waals surface area contributed by atoms with E-state index in [0.29, 0.717) is 23.9 Å². The highest BCUT2D eigenvalue weighted by molar-refractivity contribution is 5.43. The van der Waals surface area contributed by atoms with Crippen LogP contribution in [0.1, 0.15) is 78.1 Å². The number of allylic oxidation sites excluding steroid dienone is 2. The SMILES string of the molecule is C[C@H](CO)[C@H]1CC[C@H]2[C@@H]3CC=C4C(C)(C)c5nonc5C[C@]4(C)[C@H]3CC[C@]12C. The summed E-state index contributed by atoms with van der Waals surface area (Å²) in [5, 5.41) is 18.4. The highest BCUT2D eigenvalue weighted by atomic mass is 16.6. The first-order valence-electron chi connectivity index (χ1n) is 11.4. The summed E-state index contributed by atoms with van der Waals surface area (Å²) in [7, 11) is 0. The molecule has 5 rings (SSSR count). The lowest BCUT2D eigenvalue weighted by atomic mass is 9.44. The molecule has 0 bridgehead atoms. The van der Waals surface area contributed by atoms with Gasteiger partial charge in [0.05, 0.1) is 0 Å². The summed E-state index contributed by atoms with van der Waals surface area (Å²) in [6.45, 7) is 12.2. The molecule has 0 unspecified atom stereocenters. The fraction of sp³-hybridized carbons (Fsp3) is 0.833. The molecule has 154 valence electrons. The van der Waals surface area contributed by atoms with Crippen molar-refractivity contribution in [2.45, 2.75) is 78.6 Å². The van der Waals surface area contributed by atoms with Crippen molar-refractivity contribution < 1.29 is 9.74 Å². The zero-order valence-corrected chi connectivity index (χ0v) is 18.2. The molecular formula is C24H36N2O2.